The molecule has 2 aromatic carbocycles. The van der Waals surface area contributed by atoms with Gasteiger partial charge in [0.2, 0.25) is 6.79 Å². The second kappa shape index (κ2) is 7.36. The maximum Gasteiger partial charge on any atom is 0.272 e. The number of hydrogen-bond donors (Lipinski definition) is 1. The van der Waals surface area contributed by atoms with Crippen LogP contribution < -0.4 is 14.9 Å². The Hall–Kier alpha value is -2.53. The summed E-state index contributed by atoms with van der Waals surface area (Å²) in [5.41, 5.74) is 4.90. The number of aryl methyl sites for hydroxylation is 1. The molecule has 0 unspecified atom stereocenters. The van der Waals surface area contributed by atoms with Crippen LogP contribution in [0.15, 0.2) is 47.6 Å². The van der Waals surface area contributed by atoms with Crippen molar-refractivity contribution in [1.29, 1.82) is 0 Å². The lowest BCUT2D eigenvalue weighted by molar-refractivity contribution is 0.0955. The summed E-state index contributed by atoms with van der Waals surface area (Å²) in [6.45, 7) is 2.15. The lowest BCUT2D eigenvalue weighted by Crippen LogP contribution is -2.19. The van der Waals surface area contributed by atoms with Crippen molar-refractivity contribution in [3.63, 3.8) is 0 Å². The molecule has 0 saturated heterocycles. The molecule has 24 heavy (non-hydrogen) atoms. The first-order valence-electron chi connectivity index (χ1n) is 7.60. The van der Waals surface area contributed by atoms with Crippen LogP contribution in [0.2, 0.25) is 5.02 Å². The average molecular weight is 345 g/mol. The van der Waals surface area contributed by atoms with Gasteiger partial charge in [0.05, 0.1) is 10.6 Å². The molecule has 1 amide bonds. The molecule has 5 nitrogen and oxygen atoms in total. The molecule has 1 aliphatic heterocycles. The van der Waals surface area contributed by atoms with E-state index in [2.05, 4.69) is 10.5 Å². The van der Waals surface area contributed by atoms with Gasteiger partial charge in [0.15, 0.2) is 11.5 Å². The van der Waals surface area contributed by atoms with Gasteiger partial charge in [-0.25, -0.2) is 5.43 Å². The van der Waals surface area contributed by atoms with Crippen molar-refractivity contribution in [2.75, 3.05) is 6.79 Å². The van der Waals surface area contributed by atoms with E-state index in [9.17, 15) is 4.79 Å². The van der Waals surface area contributed by atoms with Gasteiger partial charge in [-0.05, 0) is 49.6 Å². The van der Waals surface area contributed by atoms with Crippen LogP contribution in [0.5, 0.6) is 11.5 Å². The molecule has 1 aliphatic rings. The van der Waals surface area contributed by atoms with Crippen molar-refractivity contribution in [3.05, 3.63) is 58.6 Å². The standard InChI is InChI=1S/C18H17ClN2O3/c1-12(20-21-18(22)14-4-2-3-5-15(14)19)6-7-13-8-9-16-17(10-13)24-11-23-16/h2-5,8-10H,6-7,11H2,1H3,(H,21,22)/b20-12-. The minimum absolute atomic E-state index is 0.271. The molecule has 0 saturated carbocycles. The van der Waals surface area contributed by atoms with Crippen molar-refractivity contribution in [3.8, 4) is 11.5 Å². The van der Waals surface area contributed by atoms with E-state index in [1.54, 1.807) is 24.3 Å². The number of hydrazone groups is 1. The Kier molecular flexibility index (Phi) is 5.01. The van der Waals surface area contributed by atoms with Crippen LogP contribution in [0.1, 0.15) is 29.3 Å². The number of hydrogen-bond acceptors (Lipinski definition) is 4. The van der Waals surface area contributed by atoms with Crippen molar-refractivity contribution in [2.24, 2.45) is 5.10 Å². The molecule has 3 rings (SSSR count). The van der Waals surface area contributed by atoms with Crippen LogP contribution in [-0.2, 0) is 6.42 Å². The molecule has 0 aliphatic carbocycles. The van der Waals surface area contributed by atoms with Crippen LogP contribution in [0.3, 0.4) is 0 Å². The number of nitrogens with one attached hydrogen (secondary N) is 1. The Balaban J connectivity index is 1.55. The Morgan fingerprint density at radius 3 is 2.83 bits per heavy atom. The Labute approximate surface area is 145 Å². The van der Waals surface area contributed by atoms with E-state index in [-0.39, 0.29) is 12.7 Å². The minimum atomic E-state index is -0.317. The molecule has 0 atom stereocenters. The summed E-state index contributed by atoms with van der Waals surface area (Å²) in [6, 6.07) is 12.8. The van der Waals surface area contributed by atoms with E-state index in [0.29, 0.717) is 10.6 Å². The predicted molar refractivity (Wildman–Crippen MR) is 92.9 cm³/mol. The van der Waals surface area contributed by atoms with E-state index in [1.165, 1.54) is 0 Å². The topological polar surface area (TPSA) is 59.9 Å². The van der Waals surface area contributed by atoms with E-state index >= 15 is 0 Å². The molecular formula is C18H17ClN2O3. The summed E-state index contributed by atoms with van der Waals surface area (Å²) in [7, 11) is 0. The number of amides is 1. The molecule has 0 fully saturated rings. The summed E-state index contributed by atoms with van der Waals surface area (Å²) in [4.78, 5) is 12.0. The normalized spacial score (nSPS) is 13.0. The Bertz CT molecular complexity index is 790. The molecule has 1 N–H and O–H groups in total. The molecule has 0 radical (unpaired) electrons. The van der Waals surface area contributed by atoms with E-state index < -0.39 is 0 Å². The molecule has 0 spiro atoms. The van der Waals surface area contributed by atoms with E-state index in [4.69, 9.17) is 21.1 Å². The van der Waals surface area contributed by atoms with Gasteiger partial charge in [-0.2, -0.15) is 5.10 Å². The third-order valence-corrected chi connectivity index (χ3v) is 4.01. The number of ether oxygens (including phenoxy) is 2. The zero-order chi connectivity index (χ0) is 16.9. The number of halogens is 1. The Morgan fingerprint density at radius 1 is 1.21 bits per heavy atom. The SMILES string of the molecule is C/C(CCc1ccc2c(c1)OCO2)=N/NC(=O)c1ccccc1Cl. The van der Waals surface area contributed by atoms with Gasteiger partial charge in [0.25, 0.3) is 5.91 Å². The van der Waals surface area contributed by atoms with Gasteiger partial charge in [-0.1, -0.05) is 29.8 Å². The molecule has 1 heterocycles. The quantitative estimate of drug-likeness (QED) is 0.662. The minimum Gasteiger partial charge on any atom is -0.454 e. The van der Waals surface area contributed by atoms with E-state index in [0.717, 1.165) is 35.6 Å². The smallest absolute Gasteiger partial charge is 0.272 e. The molecular weight excluding hydrogens is 328 g/mol. The van der Waals surface area contributed by atoms with Crippen LogP contribution >= 0.6 is 11.6 Å². The average Bonchev–Trinajstić information content (AvgIpc) is 3.06. The molecule has 124 valence electrons. The fraction of sp³-hybridized carbons (Fsp3) is 0.222. The number of nitrogens with zero attached hydrogens (tertiary/aromatic N) is 1. The molecule has 0 bridgehead atoms. The van der Waals surface area contributed by atoms with Crippen LogP contribution in [0.25, 0.3) is 0 Å². The number of fused-ring (bicyclic) bond motifs is 1. The fourth-order valence-electron chi connectivity index (χ4n) is 2.33. The molecule has 6 heteroatoms. The lowest BCUT2D eigenvalue weighted by atomic mass is 10.1. The first-order chi connectivity index (χ1) is 11.6. The maximum absolute atomic E-state index is 12.0. The maximum atomic E-state index is 12.0. The third kappa shape index (κ3) is 3.86. The third-order valence-electron chi connectivity index (χ3n) is 3.68. The molecule has 2 aromatic rings. The van der Waals surface area contributed by atoms with Crippen molar-refractivity contribution in [1.82, 2.24) is 5.43 Å². The van der Waals surface area contributed by atoms with Crippen molar-refractivity contribution in [2.45, 2.75) is 19.8 Å². The van der Waals surface area contributed by atoms with Gasteiger partial charge in [-0.15, -0.1) is 0 Å². The number of rotatable bonds is 5. The second-order valence-electron chi connectivity index (χ2n) is 5.46. The zero-order valence-corrected chi connectivity index (χ0v) is 14.0. The first-order valence-corrected chi connectivity index (χ1v) is 7.98. The predicted octanol–water partition coefficient (Wildman–Crippen LogP) is 3.81. The van der Waals surface area contributed by atoms with Gasteiger partial charge in [-0.3, -0.25) is 4.79 Å². The summed E-state index contributed by atoms with van der Waals surface area (Å²) in [6.07, 6.45) is 1.52. The zero-order valence-electron chi connectivity index (χ0n) is 13.2. The summed E-state index contributed by atoms with van der Waals surface area (Å²) < 4.78 is 10.7. The number of benzene rings is 2. The number of carbonyl (C=O) groups excluding carboxylic acids is 1. The highest BCUT2D eigenvalue weighted by Gasteiger charge is 2.13. The van der Waals surface area contributed by atoms with Gasteiger partial charge in [0, 0.05) is 5.71 Å². The lowest BCUT2D eigenvalue weighted by Gasteiger charge is -2.05. The largest absolute Gasteiger partial charge is 0.454 e. The second-order valence-corrected chi connectivity index (χ2v) is 5.86. The molecule has 0 aromatic heterocycles. The van der Waals surface area contributed by atoms with Crippen LogP contribution in [0.4, 0.5) is 0 Å². The van der Waals surface area contributed by atoms with Crippen LogP contribution in [-0.4, -0.2) is 18.4 Å². The Morgan fingerprint density at radius 2 is 2.00 bits per heavy atom. The fourth-order valence-corrected chi connectivity index (χ4v) is 2.55. The van der Waals surface area contributed by atoms with Gasteiger partial charge in [0.1, 0.15) is 0 Å². The monoisotopic (exact) mass is 344 g/mol. The highest BCUT2D eigenvalue weighted by atomic mass is 35.5. The van der Waals surface area contributed by atoms with Crippen LogP contribution in [0, 0.1) is 0 Å². The van der Waals surface area contributed by atoms with E-state index in [1.807, 2.05) is 25.1 Å². The highest BCUT2D eigenvalue weighted by Crippen LogP contribution is 2.32. The first kappa shape index (κ1) is 16.3. The van der Waals surface area contributed by atoms with Gasteiger partial charge >= 0.3 is 0 Å². The van der Waals surface area contributed by atoms with Crippen molar-refractivity contribution >= 4 is 23.2 Å². The summed E-state index contributed by atoms with van der Waals surface area (Å²) in [5, 5.41) is 4.54. The summed E-state index contributed by atoms with van der Waals surface area (Å²) >= 11 is 5.99. The number of carbonyl (C=O) groups is 1. The summed E-state index contributed by atoms with van der Waals surface area (Å²) in [5.74, 6) is 1.23. The van der Waals surface area contributed by atoms with Crippen molar-refractivity contribution < 1.29 is 14.3 Å². The van der Waals surface area contributed by atoms with Gasteiger partial charge < -0.3 is 9.47 Å². The highest BCUT2D eigenvalue weighted by molar-refractivity contribution is 6.33.